The first kappa shape index (κ1) is 19.6. The molecule has 31 heavy (non-hydrogen) atoms. The summed E-state index contributed by atoms with van der Waals surface area (Å²) in [5, 5.41) is 0.444. The first-order valence-electron chi connectivity index (χ1n) is 10.0. The topological polar surface area (TPSA) is 89.9 Å². The minimum Gasteiger partial charge on any atom is -0.459 e. The number of fused-ring (bicyclic) bond motifs is 2. The van der Waals surface area contributed by atoms with E-state index >= 15 is 0 Å². The second-order valence-corrected chi connectivity index (χ2v) is 7.93. The molecule has 0 N–H and O–H groups in total. The number of nitrogens with zero attached hydrogens (tertiary/aromatic N) is 4. The van der Waals surface area contributed by atoms with E-state index in [1.165, 1.54) is 16.7 Å². The average Bonchev–Trinajstić information content (AvgIpc) is 3.22. The molecule has 0 saturated carbocycles. The number of hydrogen-bond acceptors (Lipinski definition) is 7. The number of halogens is 1. The number of ether oxygens (including phenoxy) is 1. The molecule has 1 aliphatic heterocycles. The summed E-state index contributed by atoms with van der Waals surface area (Å²) < 4.78 is 12.6. The predicted molar refractivity (Wildman–Crippen MR) is 115 cm³/mol. The molecule has 158 valence electrons. The van der Waals surface area contributed by atoms with Gasteiger partial charge in [0.2, 0.25) is 0 Å². The van der Waals surface area contributed by atoms with Crippen molar-refractivity contribution >= 4 is 40.3 Å². The van der Waals surface area contributed by atoms with Crippen LogP contribution in [-0.4, -0.2) is 33.4 Å². The van der Waals surface area contributed by atoms with Gasteiger partial charge < -0.3 is 14.1 Å². The highest BCUT2D eigenvalue weighted by atomic mass is 35.5. The molecule has 1 saturated heterocycles. The van der Waals surface area contributed by atoms with Crippen molar-refractivity contribution in [1.29, 1.82) is 0 Å². The normalized spacial score (nSPS) is 14.9. The second-order valence-electron chi connectivity index (χ2n) is 7.49. The van der Waals surface area contributed by atoms with Crippen LogP contribution >= 0.6 is 11.6 Å². The molecule has 1 aliphatic rings. The van der Waals surface area contributed by atoms with Crippen molar-refractivity contribution in [2.24, 2.45) is 5.92 Å². The number of rotatable bonds is 4. The maximum Gasteiger partial charge on any atom is 0.309 e. The molecule has 1 aromatic carbocycles. The summed E-state index contributed by atoms with van der Waals surface area (Å²) in [6.45, 7) is 1.27. The third-order valence-electron chi connectivity index (χ3n) is 5.42. The molecule has 0 aliphatic carbocycles. The number of carbonyl (C=O) groups excluding carboxylic acids is 1. The molecule has 5 rings (SSSR count). The summed E-state index contributed by atoms with van der Waals surface area (Å²) in [6.07, 6.45) is 2.79. The Morgan fingerprint density at radius 1 is 1.16 bits per heavy atom. The van der Waals surface area contributed by atoms with E-state index in [0.29, 0.717) is 48.3 Å². The van der Waals surface area contributed by atoms with E-state index in [0.717, 1.165) is 11.1 Å². The van der Waals surface area contributed by atoms with Crippen molar-refractivity contribution in [3.63, 3.8) is 0 Å². The standard InChI is InChI=1S/C22H19ClN4O4/c23-15-5-6-19-24-16(11-20(28)27(19)12-15)13-30-21(29)14-7-9-26(10-8-14)22-25-17-3-1-2-4-18(17)31-22/h1-6,11-12,14H,7-10,13H2. The molecule has 8 nitrogen and oxygen atoms in total. The van der Waals surface area contributed by atoms with Crippen molar-refractivity contribution in [2.75, 3.05) is 18.0 Å². The first-order chi connectivity index (χ1) is 15.1. The van der Waals surface area contributed by atoms with Crippen LogP contribution < -0.4 is 10.5 Å². The van der Waals surface area contributed by atoms with Gasteiger partial charge in [0.15, 0.2) is 5.58 Å². The number of para-hydroxylation sites is 2. The van der Waals surface area contributed by atoms with E-state index in [1.54, 1.807) is 12.1 Å². The Labute approximate surface area is 182 Å². The zero-order valence-corrected chi connectivity index (χ0v) is 17.3. The lowest BCUT2D eigenvalue weighted by Gasteiger charge is -2.29. The predicted octanol–water partition coefficient (Wildman–Crippen LogP) is 3.45. The number of aromatic nitrogens is 3. The Balaban J connectivity index is 1.20. The van der Waals surface area contributed by atoms with Gasteiger partial charge in [-0.1, -0.05) is 23.7 Å². The van der Waals surface area contributed by atoms with Gasteiger partial charge in [0, 0.05) is 25.4 Å². The highest BCUT2D eigenvalue weighted by Gasteiger charge is 2.28. The Morgan fingerprint density at radius 3 is 2.77 bits per heavy atom. The van der Waals surface area contributed by atoms with Crippen LogP contribution in [0, 0.1) is 5.92 Å². The largest absolute Gasteiger partial charge is 0.459 e. The van der Waals surface area contributed by atoms with Crippen LogP contribution in [0.3, 0.4) is 0 Å². The molecular weight excluding hydrogens is 420 g/mol. The zero-order chi connectivity index (χ0) is 21.4. The number of esters is 1. The monoisotopic (exact) mass is 438 g/mol. The zero-order valence-electron chi connectivity index (χ0n) is 16.5. The highest BCUT2D eigenvalue weighted by molar-refractivity contribution is 6.30. The molecule has 0 unspecified atom stereocenters. The van der Waals surface area contributed by atoms with Gasteiger partial charge in [0.1, 0.15) is 17.8 Å². The third kappa shape index (κ3) is 3.98. The summed E-state index contributed by atoms with van der Waals surface area (Å²) in [6, 6.07) is 12.9. The van der Waals surface area contributed by atoms with Crippen LogP contribution in [0.15, 0.2) is 57.9 Å². The van der Waals surface area contributed by atoms with Crippen molar-refractivity contribution in [3.8, 4) is 0 Å². The maximum atomic E-state index is 12.5. The van der Waals surface area contributed by atoms with E-state index in [1.807, 2.05) is 29.2 Å². The molecule has 4 aromatic rings. The minimum absolute atomic E-state index is 0.0431. The number of pyridine rings is 1. The fraction of sp³-hybridized carbons (Fsp3) is 0.273. The van der Waals surface area contributed by atoms with E-state index in [-0.39, 0.29) is 24.1 Å². The van der Waals surface area contributed by atoms with Crippen LogP contribution in [-0.2, 0) is 16.1 Å². The van der Waals surface area contributed by atoms with Crippen molar-refractivity contribution in [1.82, 2.24) is 14.4 Å². The molecule has 0 atom stereocenters. The van der Waals surface area contributed by atoms with Crippen LogP contribution in [0.2, 0.25) is 5.02 Å². The fourth-order valence-electron chi connectivity index (χ4n) is 3.76. The number of carbonyl (C=O) groups is 1. The van der Waals surface area contributed by atoms with E-state index in [9.17, 15) is 9.59 Å². The number of piperidine rings is 1. The molecule has 0 spiro atoms. The van der Waals surface area contributed by atoms with Gasteiger partial charge in [0.05, 0.1) is 16.6 Å². The summed E-state index contributed by atoms with van der Waals surface area (Å²) in [5.74, 6) is -0.490. The van der Waals surface area contributed by atoms with Crippen molar-refractivity contribution in [3.05, 3.63) is 69.7 Å². The summed E-state index contributed by atoms with van der Waals surface area (Å²) >= 11 is 5.92. The minimum atomic E-state index is -0.282. The highest BCUT2D eigenvalue weighted by Crippen LogP contribution is 2.27. The molecule has 0 radical (unpaired) electrons. The summed E-state index contributed by atoms with van der Waals surface area (Å²) in [4.78, 5) is 35.7. The molecule has 4 heterocycles. The van der Waals surface area contributed by atoms with Gasteiger partial charge in [-0.3, -0.25) is 14.0 Å². The van der Waals surface area contributed by atoms with Crippen molar-refractivity contribution in [2.45, 2.75) is 19.4 Å². The Morgan fingerprint density at radius 2 is 1.97 bits per heavy atom. The van der Waals surface area contributed by atoms with Crippen molar-refractivity contribution < 1.29 is 13.9 Å². The van der Waals surface area contributed by atoms with E-state index < -0.39 is 0 Å². The van der Waals surface area contributed by atoms with Crippen LogP contribution in [0.1, 0.15) is 18.5 Å². The number of hydrogen-bond donors (Lipinski definition) is 0. The molecule has 1 fully saturated rings. The van der Waals surface area contributed by atoms with Gasteiger partial charge in [-0.2, -0.15) is 4.98 Å². The summed E-state index contributed by atoms with van der Waals surface area (Å²) in [5.41, 5.74) is 2.16. The number of oxazole rings is 1. The van der Waals surface area contributed by atoms with Crippen LogP contribution in [0.4, 0.5) is 6.01 Å². The van der Waals surface area contributed by atoms with Crippen LogP contribution in [0.25, 0.3) is 16.7 Å². The third-order valence-corrected chi connectivity index (χ3v) is 5.64. The SMILES string of the molecule is O=C(OCc1cc(=O)n2cc(Cl)ccc2n1)C1CCN(c2nc3ccccc3o2)CC1. The second kappa shape index (κ2) is 8.03. The van der Waals surface area contributed by atoms with E-state index in [2.05, 4.69) is 9.97 Å². The lowest BCUT2D eigenvalue weighted by atomic mass is 9.97. The van der Waals surface area contributed by atoms with Crippen LogP contribution in [0.5, 0.6) is 0 Å². The molecule has 3 aromatic heterocycles. The summed E-state index contributed by atoms with van der Waals surface area (Å²) in [7, 11) is 0. The fourth-order valence-corrected chi connectivity index (χ4v) is 3.93. The van der Waals surface area contributed by atoms with Gasteiger partial charge in [-0.25, -0.2) is 4.98 Å². The molecule has 0 bridgehead atoms. The quantitative estimate of drug-likeness (QED) is 0.451. The van der Waals surface area contributed by atoms with Gasteiger partial charge in [-0.05, 0) is 37.1 Å². The van der Waals surface area contributed by atoms with Gasteiger partial charge in [-0.15, -0.1) is 0 Å². The Kier molecular flexibility index (Phi) is 5.07. The number of anilines is 1. The smallest absolute Gasteiger partial charge is 0.309 e. The van der Waals surface area contributed by atoms with Gasteiger partial charge in [0.25, 0.3) is 11.6 Å². The maximum absolute atomic E-state index is 12.5. The lowest BCUT2D eigenvalue weighted by molar-refractivity contribution is -0.150. The Hall–Kier alpha value is -3.39. The average molecular weight is 439 g/mol. The molecular formula is C22H19ClN4O4. The van der Waals surface area contributed by atoms with Gasteiger partial charge >= 0.3 is 5.97 Å². The lowest BCUT2D eigenvalue weighted by Crippen LogP contribution is -2.37. The number of benzene rings is 1. The Bertz CT molecular complexity index is 1290. The first-order valence-corrected chi connectivity index (χ1v) is 10.4. The molecule has 9 heteroatoms. The van der Waals surface area contributed by atoms with E-state index in [4.69, 9.17) is 20.8 Å². The molecule has 0 amide bonds.